The minimum atomic E-state index is -1.20. The van der Waals surface area contributed by atoms with Gasteiger partial charge in [-0.1, -0.05) is 54.1 Å². The lowest BCUT2D eigenvalue weighted by Crippen LogP contribution is -2.45. The summed E-state index contributed by atoms with van der Waals surface area (Å²) < 4.78 is 0. The molecule has 2 aromatic carbocycles. The van der Waals surface area contributed by atoms with Crippen molar-refractivity contribution < 1.29 is 14.4 Å². The molecule has 2 unspecified atom stereocenters. The van der Waals surface area contributed by atoms with Crippen molar-refractivity contribution in [2.24, 2.45) is 0 Å². The van der Waals surface area contributed by atoms with Crippen LogP contribution in [0.15, 0.2) is 48.5 Å². The molecule has 26 heavy (non-hydrogen) atoms. The summed E-state index contributed by atoms with van der Waals surface area (Å²) in [4.78, 5) is 39.3. The number of benzene rings is 2. The average molecular weight is 371 g/mol. The van der Waals surface area contributed by atoms with Gasteiger partial charge in [-0.15, -0.1) is 0 Å². The van der Waals surface area contributed by atoms with Crippen LogP contribution in [0.3, 0.4) is 0 Å². The highest BCUT2D eigenvalue weighted by Gasteiger charge is 2.51. The molecule has 1 fully saturated rings. The summed E-state index contributed by atoms with van der Waals surface area (Å²) in [7, 11) is 0. The fourth-order valence-electron chi connectivity index (χ4n) is 3.08. The predicted molar refractivity (Wildman–Crippen MR) is 99.2 cm³/mol. The monoisotopic (exact) mass is 370 g/mol. The van der Waals surface area contributed by atoms with Crippen molar-refractivity contribution in [3.05, 3.63) is 70.2 Å². The Labute approximate surface area is 156 Å². The number of hydrogen-bond acceptors (Lipinski definition) is 3. The highest BCUT2D eigenvalue weighted by molar-refractivity contribution is 6.31. The van der Waals surface area contributed by atoms with E-state index in [-0.39, 0.29) is 5.78 Å². The number of halogens is 1. The van der Waals surface area contributed by atoms with Crippen LogP contribution < -0.4 is 5.32 Å². The molecular weight excluding hydrogens is 352 g/mol. The Hall–Kier alpha value is -2.66. The molecule has 5 nitrogen and oxygen atoms in total. The van der Waals surface area contributed by atoms with Crippen molar-refractivity contribution in [1.82, 2.24) is 10.2 Å². The first-order valence-corrected chi connectivity index (χ1v) is 8.65. The van der Waals surface area contributed by atoms with E-state index in [1.165, 1.54) is 0 Å². The van der Waals surface area contributed by atoms with Gasteiger partial charge in [-0.2, -0.15) is 0 Å². The Morgan fingerprint density at radius 1 is 1.15 bits per heavy atom. The fourth-order valence-corrected chi connectivity index (χ4v) is 3.26. The van der Waals surface area contributed by atoms with E-state index in [9.17, 15) is 14.4 Å². The molecule has 3 amide bonds. The number of rotatable bonds is 4. The van der Waals surface area contributed by atoms with E-state index in [0.717, 1.165) is 10.5 Å². The van der Waals surface area contributed by atoms with Gasteiger partial charge in [0.2, 0.25) is 0 Å². The highest BCUT2D eigenvalue weighted by atomic mass is 35.5. The number of carbonyl (C=O) groups is 3. The number of amides is 3. The van der Waals surface area contributed by atoms with Crippen molar-refractivity contribution >= 4 is 29.3 Å². The quantitative estimate of drug-likeness (QED) is 0.659. The largest absolute Gasteiger partial charge is 0.325 e. The number of nitrogens with one attached hydrogen (secondary N) is 1. The smallest absolute Gasteiger partial charge is 0.319 e. The summed E-state index contributed by atoms with van der Waals surface area (Å²) in [5, 5.41) is 3.18. The van der Waals surface area contributed by atoms with Crippen LogP contribution in [-0.2, 0) is 10.3 Å². The molecule has 0 aliphatic carbocycles. The average Bonchev–Trinajstić information content (AvgIpc) is 2.87. The number of aryl methyl sites for hydroxylation is 1. The number of hydrogen-bond donors (Lipinski definition) is 1. The van der Waals surface area contributed by atoms with Gasteiger partial charge in [0.15, 0.2) is 5.78 Å². The molecule has 0 bridgehead atoms. The van der Waals surface area contributed by atoms with E-state index >= 15 is 0 Å². The zero-order valence-electron chi connectivity index (χ0n) is 14.7. The first-order valence-electron chi connectivity index (χ1n) is 8.27. The molecule has 0 spiro atoms. The first-order chi connectivity index (χ1) is 12.3. The molecule has 1 aliphatic rings. The van der Waals surface area contributed by atoms with E-state index in [0.29, 0.717) is 16.1 Å². The second-order valence-electron chi connectivity index (χ2n) is 6.60. The molecule has 0 radical (unpaired) electrons. The van der Waals surface area contributed by atoms with Gasteiger partial charge in [-0.25, -0.2) is 4.79 Å². The van der Waals surface area contributed by atoms with Crippen LogP contribution in [0.25, 0.3) is 0 Å². The Kier molecular flexibility index (Phi) is 4.59. The molecule has 134 valence electrons. The first kappa shape index (κ1) is 18.1. The molecule has 3 rings (SSSR count). The lowest BCUT2D eigenvalue weighted by atomic mass is 9.91. The van der Waals surface area contributed by atoms with E-state index in [1.807, 2.05) is 13.0 Å². The molecule has 6 heteroatoms. The van der Waals surface area contributed by atoms with E-state index in [2.05, 4.69) is 5.32 Å². The van der Waals surface area contributed by atoms with Gasteiger partial charge in [0, 0.05) is 10.6 Å². The van der Waals surface area contributed by atoms with Gasteiger partial charge in [0.05, 0.1) is 0 Å². The molecule has 1 saturated heterocycles. The van der Waals surface area contributed by atoms with E-state index in [4.69, 9.17) is 11.6 Å². The molecule has 0 saturated carbocycles. The van der Waals surface area contributed by atoms with Crippen LogP contribution in [-0.4, -0.2) is 28.7 Å². The van der Waals surface area contributed by atoms with E-state index < -0.39 is 23.5 Å². The summed E-state index contributed by atoms with van der Waals surface area (Å²) in [6.07, 6.45) is 0. The van der Waals surface area contributed by atoms with Gasteiger partial charge in [0.25, 0.3) is 5.91 Å². The molecule has 1 N–H and O–H groups in total. The summed E-state index contributed by atoms with van der Waals surface area (Å²) in [5.41, 5.74) is 0.682. The Morgan fingerprint density at radius 2 is 1.81 bits per heavy atom. The molecule has 1 aliphatic heterocycles. The number of nitrogens with zero attached hydrogens (tertiary/aromatic N) is 1. The second kappa shape index (κ2) is 6.57. The third-order valence-corrected chi connectivity index (χ3v) is 5.20. The van der Waals surface area contributed by atoms with Gasteiger partial charge in [-0.3, -0.25) is 14.5 Å². The third-order valence-electron chi connectivity index (χ3n) is 4.80. The Bertz CT molecular complexity index is 897. The van der Waals surface area contributed by atoms with Crippen LogP contribution in [0, 0.1) is 6.92 Å². The summed E-state index contributed by atoms with van der Waals surface area (Å²) in [5.74, 6) is -0.791. The highest BCUT2D eigenvalue weighted by Crippen LogP contribution is 2.30. The molecule has 2 aromatic rings. The number of urea groups is 1. The summed E-state index contributed by atoms with van der Waals surface area (Å²) in [6, 6.07) is 12.4. The Balaban J connectivity index is 1.91. The van der Waals surface area contributed by atoms with Crippen LogP contribution in [0.1, 0.15) is 35.3 Å². The van der Waals surface area contributed by atoms with E-state index in [1.54, 1.807) is 56.3 Å². The maximum atomic E-state index is 13.0. The zero-order valence-corrected chi connectivity index (χ0v) is 15.5. The minimum absolute atomic E-state index is 0.340. The molecular formula is C20H19ClN2O3. The lowest BCUT2D eigenvalue weighted by Gasteiger charge is -2.24. The minimum Gasteiger partial charge on any atom is -0.319 e. The van der Waals surface area contributed by atoms with Gasteiger partial charge >= 0.3 is 6.03 Å². The molecule has 2 atom stereocenters. The van der Waals surface area contributed by atoms with Gasteiger partial charge in [0.1, 0.15) is 11.6 Å². The number of ketones is 1. The van der Waals surface area contributed by atoms with Crippen molar-refractivity contribution in [2.75, 3.05) is 0 Å². The third kappa shape index (κ3) is 2.88. The normalized spacial score (nSPS) is 20.8. The van der Waals surface area contributed by atoms with Gasteiger partial charge < -0.3 is 5.32 Å². The van der Waals surface area contributed by atoms with Crippen LogP contribution in [0.2, 0.25) is 5.02 Å². The summed E-state index contributed by atoms with van der Waals surface area (Å²) >= 11 is 6.09. The maximum Gasteiger partial charge on any atom is 0.325 e. The van der Waals surface area contributed by atoms with Crippen LogP contribution in [0.4, 0.5) is 4.79 Å². The predicted octanol–water partition coefficient (Wildman–Crippen LogP) is 3.69. The number of carbonyl (C=O) groups excluding carboxylic acids is 3. The number of Topliss-reactive ketones (excluding diaryl/α,β-unsaturated/α-hetero) is 1. The van der Waals surface area contributed by atoms with Crippen molar-refractivity contribution in [1.29, 1.82) is 0 Å². The number of imide groups is 1. The van der Waals surface area contributed by atoms with Crippen molar-refractivity contribution in [3.63, 3.8) is 0 Å². The zero-order chi connectivity index (χ0) is 19.1. The Morgan fingerprint density at radius 3 is 2.42 bits per heavy atom. The SMILES string of the molecule is Cc1ccc(C(=O)C(C)N2C(=O)NC(C)(c3ccccc3)C2=O)cc1Cl. The van der Waals surface area contributed by atoms with Crippen molar-refractivity contribution in [2.45, 2.75) is 32.4 Å². The standard InChI is InChI=1S/C20H19ClN2O3/c1-12-9-10-14(11-16(12)21)17(24)13(2)23-18(25)20(3,22-19(23)26)15-7-5-4-6-8-15/h4-11,13H,1-3H3,(H,22,26). The maximum absolute atomic E-state index is 13.0. The van der Waals surface area contributed by atoms with Crippen LogP contribution >= 0.6 is 11.6 Å². The molecule has 1 heterocycles. The second-order valence-corrected chi connectivity index (χ2v) is 7.01. The topological polar surface area (TPSA) is 66.5 Å². The summed E-state index contributed by atoms with van der Waals surface area (Å²) in [6.45, 7) is 5.02. The van der Waals surface area contributed by atoms with Gasteiger partial charge in [-0.05, 0) is 38.0 Å². The van der Waals surface area contributed by atoms with Crippen molar-refractivity contribution in [3.8, 4) is 0 Å². The fraction of sp³-hybridized carbons (Fsp3) is 0.250. The lowest BCUT2D eigenvalue weighted by molar-refractivity contribution is -0.131. The molecule has 0 aromatic heterocycles. The van der Waals surface area contributed by atoms with Crippen LogP contribution in [0.5, 0.6) is 0 Å².